The molecule has 1 aromatic carbocycles. The van der Waals surface area contributed by atoms with E-state index in [-0.39, 0.29) is 5.82 Å². The number of halogens is 2. The molecule has 0 saturated carbocycles. The molecule has 0 fully saturated rings. The molecule has 1 rings (SSSR count). The Kier molecular flexibility index (Phi) is 3.52. The van der Waals surface area contributed by atoms with Gasteiger partial charge in [0.05, 0.1) is 26.7 Å². The van der Waals surface area contributed by atoms with Crippen LogP contribution in [0.15, 0.2) is 29.4 Å². The third kappa shape index (κ3) is 3.09. The van der Waals surface area contributed by atoms with Gasteiger partial charge in [0, 0.05) is 0 Å². The molecule has 0 aliphatic rings. The van der Waals surface area contributed by atoms with Crippen molar-refractivity contribution in [1.82, 2.24) is 0 Å². The molecule has 0 amide bonds. The van der Waals surface area contributed by atoms with Crippen molar-refractivity contribution in [3.8, 4) is 0 Å². The van der Waals surface area contributed by atoms with Gasteiger partial charge in [-0.1, -0.05) is 0 Å². The van der Waals surface area contributed by atoms with E-state index in [2.05, 4.69) is 26.5 Å². The predicted molar refractivity (Wildman–Crippen MR) is 53.4 cm³/mol. The van der Waals surface area contributed by atoms with Crippen LogP contribution < -0.4 is 5.43 Å². The molecule has 74 valence electrons. The number of hydrogen-bond acceptors (Lipinski definition) is 4. The fourth-order valence-electron chi connectivity index (χ4n) is 0.676. The van der Waals surface area contributed by atoms with Crippen LogP contribution in [-0.4, -0.2) is 9.67 Å². The van der Waals surface area contributed by atoms with E-state index in [1.807, 2.05) is 0 Å². The van der Waals surface area contributed by atoms with Crippen LogP contribution in [0.4, 0.5) is 10.1 Å². The molecule has 7 heteroatoms. The second-order valence-corrected chi connectivity index (χ2v) is 2.97. The van der Waals surface area contributed by atoms with Gasteiger partial charge >= 0.3 is 4.74 Å². The third-order valence-corrected chi connectivity index (χ3v) is 1.74. The molecule has 14 heavy (non-hydrogen) atoms. The summed E-state index contributed by atoms with van der Waals surface area (Å²) in [4.78, 5) is 9.40. The van der Waals surface area contributed by atoms with E-state index in [1.165, 1.54) is 24.3 Å². The second-order valence-electron chi connectivity index (χ2n) is 2.26. The molecule has 0 aliphatic carbocycles. The Balaban J connectivity index is 2.66. The van der Waals surface area contributed by atoms with E-state index >= 15 is 0 Å². The van der Waals surface area contributed by atoms with Crippen LogP contribution in [0.3, 0.4) is 0 Å². The summed E-state index contributed by atoms with van der Waals surface area (Å²) in [6.07, 6.45) is 0. The van der Waals surface area contributed by atoms with Gasteiger partial charge in [-0.2, -0.15) is 5.43 Å². The monoisotopic (exact) mass is 261 g/mol. The van der Waals surface area contributed by atoms with Gasteiger partial charge in [0.1, 0.15) is 5.82 Å². The summed E-state index contributed by atoms with van der Waals surface area (Å²) in [5.74, 6) is -0.382. The summed E-state index contributed by atoms with van der Waals surface area (Å²) in [6, 6.07) is 5.27. The van der Waals surface area contributed by atoms with Crippen molar-refractivity contribution in [2.24, 2.45) is 5.10 Å². The lowest BCUT2D eigenvalue weighted by Crippen LogP contribution is -2.05. The molecule has 1 N–H and O–H groups in total. The molecule has 1 aromatic rings. The van der Waals surface area contributed by atoms with Crippen molar-refractivity contribution in [3.63, 3.8) is 0 Å². The van der Waals surface area contributed by atoms with E-state index in [1.54, 1.807) is 0 Å². The average Bonchev–Trinajstić information content (AvgIpc) is 2.16. The summed E-state index contributed by atoms with van der Waals surface area (Å²) < 4.78 is 12.0. The molecule has 0 heterocycles. The maximum absolute atomic E-state index is 12.4. The topological polar surface area (TPSA) is 67.5 Å². The number of amidine groups is 1. The first-order valence-electron chi connectivity index (χ1n) is 3.49. The smallest absolute Gasteiger partial charge is 0.357 e. The Hall–Kier alpha value is -1.50. The Labute approximate surface area is 86.9 Å². The number of rotatable bonds is 2. The third-order valence-electron chi connectivity index (χ3n) is 1.27. The quantitative estimate of drug-likeness (QED) is 0.292. The minimum atomic E-state index is -0.698. The van der Waals surface area contributed by atoms with E-state index in [0.717, 1.165) is 0 Å². The van der Waals surface area contributed by atoms with E-state index in [9.17, 15) is 14.5 Å². The average molecular weight is 262 g/mol. The number of nitrogens with zero attached hydrogens (tertiary/aromatic N) is 2. The highest BCUT2D eigenvalue weighted by Gasteiger charge is 2.05. The van der Waals surface area contributed by atoms with Crippen LogP contribution in [0, 0.1) is 15.9 Å². The Morgan fingerprint density at radius 3 is 2.57 bits per heavy atom. The molecule has 0 radical (unpaired) electrons. The first-order chi connectivity index (χ1) is 6.59. The van der Waals surface area contributed by atoms with E-state index in [4.69, 9.17) is 0 Å². The van der Waals surface area contributed by atoms with Crippen molar-refractivity contribution in [3.05, 3.63) is 40.2 Å². The lowest BCUT2D eigenvalue weighted by molar-refractivity contribution is -0.342. The standard InChI is InChI=1S/C7H5BrFN3O2/c8-7(12(13)14)11-10-6-3-1-5(9)2-4-6/h1-4,10H/b11-7-. The van der Waals surface area contributed by atoms with E-state index < -0.39 is 9.67 Å². The summed E-state index contributed by atoms with van der Waals surface area (Å²) >= 11 is 2.63. The Bertz CT molecular complexity index is 366. The zero-order valence-corrected chi connectivity index (χ0v) is 8.36. The normalized spacial score (nSPS) is 11.1. The molecule has 0 aliphatic heterocycles. The second kappa shape index (κ2) is 4.66. The minimum Gasteiger partial charge on any atom is -0.357 e. The van der Waals surface area contributed by atoms with Gasteiger partial charge in [-0.05, 0) is 29.2 Å². The molecule has 0 atom stereocenters. The van der Waals surface area contributed by atoms with Crippen molar-refractivity contribution in [2.45, 2.75) is 0 Å². The lowest BCUT2D eigenvalue weighted by atomic mass is 10.3. The summed E-state index contributed by atoms with van der Waals surface area (Å²) in [6.45, 7) is 0. The molecular weight excluding hydrogens is 257 g/mol. The SMILES string of the molecule is O=[N+]([O-])/C(Br)=N\Nc1ccc(F)cc1. The predicted octanol–water partition coefficient (Wildman–Crippen LogP) is 2.18. The highest BCUT2D eigenvalue weighted by Crippen LogP contribution is 2.08. The number of nitrogens with one attached hydrogen (secondary N) is 1. The molecule has 5 nitrogen and oxygen atoms in total. The zero-order chi connectivity index (χ0) is 10.6. The molecular formula is C7H5BrFN3O2. The van der Waals surface area contributed by atoms with Crippen LogP contribution >= 0.6 is 15.9 Å². The van der Waals surface area contributed by atoms with E-state index in [0.29, 0.717) is 5.69 Å². The van der Waals surface area contributed by atoms with Gasteiger partial charge < -0.3 is 10.1 Å². The maximum Gasteiger partial charge on any atom is 0.430 e. The number of nitro groups is 1. The summed E-state index contributed by atoms with van der Waals surface area (Å²) in [5, 5.41) is 13.5. The zero-order valence-electron chi connectivity index (χ0n) is 6.78. The van der Waals surface area contributed by atoms with Crippen LogP contribution in [0.5, 0.6) is 0 Å². The van der Waals surface area contributed by atoms with Gasteiger partial charge in [0.2, 0.25) is 0 Å². The first kappa shape index (κ1) is 10.6. The maximum atomic E-state index is 12.4. The van der Waals surface area contributed by atoms with Crippen LogP contribution in [0.2, 0.25) is 0 Å². The van der Waals surface area contributed by atoms with Gasteiger partial charge in [0.25, 0.3) is 0 Å². The van der Waals surface area contributed by atoms with Crippen LogP contribution in [0.25, 0.3) is 0 Å². The van der Waals surface area contributed by atoms with Crippen molar-refractivity contribution < 1.29 is 9.31 Å². The number of hydrogen-bond donors (Lipinski definition) is 1. The van der Waals surface area contributed by atoms with Crippen LogP contribution in [0.1, 0.15) is 0 Å². The van der Waals surface area contributed by atoms with Crippen molar-refractivity contribution >= 4 is 26.4 Å². The van der Waals surface area contributed by atoms with Gasteiger partial charge in [-0.25, -0.2) is 4.39 Å². The summed E-state index contributed by atoms with van der Waals surface area (Å²) in [5.41, 5.74) is 2.85. The molecule has 0 spiro atoms. The fourth-order valence-corrected chi connectivity index (χ4v) is 0.765. The van der Waals surface area contributed by atoms with Crippen LogP contribution in [-0.2, 0) is 0 Å². The number of anilines is 1. The molecule has 0 bridgehead atoms. The Morgan fingerprint density at radius 2 is 2.07 bits per heavy atom. The van der Waals surface area contributed by atoms with Crippen molar-refractivity contribution in [1.29, 1.82) is 0 Å². The van der Waals surface area contributed by atoms with Crippen molar-refractivity contribution in [2.75, 3.05) is 5.43 Å². The van der Waals surface area contributed by atoms with Gasteiger partial charge in [0.15, 0.2) is 0 Å². The lowest BCUT2D eigenvalue weighted by Gasteiger charge is -1.94. The highest BCUT2D eigenvalue weighted by molar-refractivity contribution is 9.18. The fraction of sp³-hybridized carbons (Fsp3) is 0. The summed E-state index contributed by atoms with van der Waals surface area (Å²) in [7, 11) is 0. The highest BCUT2D eigenvalue weighted by atomic mass is 79.9. The largest absolute Gasteiger partial charge is 0.430 e. The molecule has 0 saturated heterocycles. The number of hydrazone groups is 1. The number of benzene rings is 1. The molecule has 0 unspecified atom stereocenters. The van der Waals surface area contributed by atoms with Gasteiger partial charge in [-0.15, -0.1) is 0 Å². The first-order valence-corrected chi connectivity index (χ1v) is 4.28. The minimum absolute atomic E-state index is 0.382. The Morgan fingerprint density at radius 1 is 1.50 bits per heavy atom. The molecule has 0 aromatic heterocycles. The van der Waals surface area contributed by atoms with Gasteiger partial charge in [-0.3, -0.25) is 0 Å².